The summed E-state index contributed by atoms with van der Waals surface area (Å²) in [7, 11) is 0. The number of halogens is 1. The Balaban J connectivity index is 1.45. The Morgan fingerprint density at radius 1 is 1.07 bits per heavy atom. The highest BCUT2D eigenvalue weighted by Crippen LogP contribution is 2.17. The van der Waals surface area contributed by atoms with Gasteiger partial charge in [0.05, 0.1) is 0 Å². The molecule has 0 fully saturated rings. The highest BCUT2D eigenvalue weighted by Gasteiger charge is 2.26. The fourth-order valence-electron chi connectivity index (χ4n) is 3.49. The molecule has 4 rings (SSSR count). The van der Waals surface area contributed by atoms with Crippen molar-refractivity contribution in [2.45, 2.75) is 33.0 Å². The molecule has 2 heterocycles. The second-order valence-corrected chi connectivity index (χ2v) is 7.51. The molecular formula is C23H23FN4O2. The van der Waals surface area contributed by atoms with Crippen molar-refractivity contribution in [2.24, 2.45) is 0 Å². The van der Waals surface area contributed by atoms with Gasteiger partial charge >= 0.3 is 0 Å². The summed E-state index contributed by atoms with van der Waals surface area (Å²) in [5.74, 6) is -0.795. The van der Waals surface area contributed by atoms with Gasteiger partial charge in [0, 0.05) is 32.2 Å². The fourth-order valence-corrected chi connectivity index (χ4v) is 3.49. The highest BCUT2D eigenvalue weighted by atomic mass is 19.1. The van der Waals surface area contributed by atoms with E-state index in [4.69, 9.17) is 0 Å². The molecular weight excluding hydrogens is 383 g/mol. The smallest absolute Gasteiger partial charge is 0.272 e. The topological polar surface area (TPSA) is 67.2 Å². The van der Waals surface area contributed by atoms with Crippen molar-refractivity contribution in [1.82, 2.24) is 20.0 Å². The summed E-state index contributed by atoms with van der Waals surface area (Å²) in [5.41, 5.74) is 3.64. The van der Waals surface area contributed by atoms with Crippen molar-refractivity contribution in [2.75, 3.05) is 6.54 Å². The second kappa shape index (κ2) is 8.49. The van der Waals surface area contributed by atoms with Crippen LogP contribution in [0.2, 0.25) is 0 Å². The molecule has 30 heavy (non-hydrogen) atoms. The molecule has 2 amide bonds. The third-order valence-electron chi connectivity index (χ3n) is 5.18. The molecule has 154 valence electrons. The minimum atomic E-state index is -0.311. The number of fused-ring (bicyclic) bond motifs is 1. The first-order chi connectivity index (χ1) is 14.5. The van der Waals surface area contributed by atoms with Crippen molar-refractivity contribution >= 4 is 11.8 Å². The number of rotatable bonds is 5. The monoisotopic (exact) mass is 406 g/mol. The number of hydrogen-bond donors (Lipinski definition) is 1. The van der Waals surface area contributed by atoms with Crippen LogP contribution in [-0.4, -0.2) is 33.0 Å². The molecule has 3 aromatic rings. The summed E-state index contributed by atoms with van der Waals surface area (Å²) in [6.07, 6.45) is 0.728. The standard InChI is InChI=1S/C23H23FN4O2/c1-16-3-5-17(6-4-16)14-25-22(29)20-13-21-23(30)27(11-2-12-28(21)26-20)15-18-7-9-19(24)10-8-18/h3-10,13H,2,11-12,14-15H2,1H3,(H,25,29). The van der Waals surface area contributed by atoms with Crippen LogP contribution < -0.4 is 5.32 Å². The van der Waals surface area contributed by atoms with Gasteiger partial charge in [-0.3, -0.25) is 14.3 Å². The van der Waals surface area contributed by atoms with E-state index in [9.17, 15) is 14.0 Å². The van der Waals surface area contributed by atoms with Gasteiger partial charge in [-0.25, -0.2) is 4.39 Å². The maximum Gasteiger partial charge on any atom is 0.272 e. The zero-order chi connectivity index (χ0) is 21.1. The molecule has 0 spiro atoms. The number of amides is 2. The number of hydrogen-bond acceptors (Lipinski definition) is 3. The van der Waals surface area contributed by atoms with E-state index >= 15 is 0 Å². The first-order valence-corrected chi connectivity index (χ1v) is 9.95. The van der Waals surface area contributed by atoms with Crippen LogP contribution in [-0.2, 0) is 19.6 Å². The molecule has 1 aliphatic heterocycles. The lowest BCUT2D eigenvalue weighted by atomic mass is 10.1. The Morgan fingerprint density at radius 2 is 1.77 bits per heavy atom. The van der Waals surface area contributed by atoms with E-state index in [-0.39, 0.29) is 23.3 Å². The van der Waals surface area contributed by atoms with Gasteiger partial charge in [0.25, 0.3) is 11.8 Å². The first kappa shape index (κ1) is 19.8. The molecule has 0 bridgehead atoms. The van der Waals surface area contributed by atoms with Crippen LogP contribution in [0.25, 0.3) is 0 Å². The van der Waals surface area contributed by atoms with Gasteiger partial charge in [0.1, 0.15) is 11.5 Å². The Morgan fingerprint density at radius 3 is 2.50 bits per heavy atom. The van der Waals surface area contributed by atoms with E-state index in [1.54, 1.807) is 27.8 Å². The Labute approximate surface area is 174 Å². The van der Waals surface area contributed by atoms with Crippen molar-refractivity contribution in [3.05, 3.63) is 88.5 Å². The van der Waals surface area contributed by atoms with Gasteiger partial charge in [-0.15, -0.1) is 0 Å². The molecule has 1 aliphatic rings. The average molecular weight is 406 g/mol. The third-order valence-corrected chi connectivity index (χ3v) is 5.18. The number of aryl methyl sites for hydroxylation is 2. The van der Waals surface area contributed by atoms with Crippen LogP contribution in [0, 0.1) is 12.7 Å². The van der Waals surface area contributed by atoms with Crippen LogP contribution in [0.1, 0.15) is 44.1 Å². The molecule has 0 radical (unpaired) electrons. The van der Waals surface area contributed by atoms with Crippen LogP contribution in [0.15, 0.2) is 54.6 Å². The maximum absolute atomic E-state index is 13.1. The van der Waals surface area contributed by atoms with Crippen LogP contribution in [0.3, 0.4) is 0 Å². The number of aromatic nitrogens is 2. The molecule has 1 N–H and O–H groups in total. The summed E-state index contributed by atoms with van der Waals surface area (Å²) >= 11 is 0. The number of carbonyl (C=O) groups excluding carboxylic acids is 2. The maximum atomic E-state index is 13.1. The molecule has 2 aromatic carbocycles. The SMILES string of the molecule is Cc1ccc(CNC(=O)c2cc3n(n2)CCCN(Cc2ccc(F)cc2)C3=O)cc1. The van der Waals surface area contributed by atoms with Crippen molar-refractivity contribution in [1.29, 1.82) is 0 Å². The Kier molecular flexibility index (Phi) is 5.61. The number of carbonyl (C=O) groups is 2. The van der Waals surface area contributed by atoms with E-state index in [2.05, 4.69) is 10.4 Å². The predicted octanol–water partition coefficient (Wildman–Crippen LogP) is 3.31. The van der Waals surface area contributed by atoms with Crippen LogP contribution >= 0.6 is 0 Å². The third kappa shape index (κ3) is 4.40. The highest BCUT2D eigenvalue weighted by molar-refractivity contribution is 5.98. The average Bonchev–Trinajstić information content (AvgIpc) is 3.12. The molecule has 0 unspecified atom stereocenters. The van der Waals surface area contributed by atoms with E-state index in [1.165, 1.54) is 12.1 Å². The zero-order valence-electron chi connectivity index (χ0n) is 16.8. The molecule has 0 saturated heterocycles. The predicted molar refractivity (Wildman–Crippen MR) is 110 cm³/mol. The lowest BCUT2D eigenvalue weighted by Gasteiger charge is -2.20. The summed E-state index contributed by atoms with van der Waals surface area (Å²) in [6, 6.07) is 15.6. The quantitative estimate of drug-likeness (QED) is 0.707. The summed E-state index contributed by atoms with van der Waals surface area (Å²) in [5, 5.41) is 7.20. The van der Waals surface area contributed by atoms with Gasteiger partial charge in [-0.1, -0.05) is 42.0 Å². The van der Waals surface area contributed by atoms with Crippen LogP contribution in [0.4, 0.5) is 4.39 Å². The molecule has 0 saturated carbocycles. The normalized spacial score (nSPS) is 13.7. The van der Waals surface area contributed by atoms with Gasteiger partial charge in [0.15, 0.2) is 5.69 Å². The van der Waals surface area contributed by atoms with Gasteiger partial charge in [-0.2, -0.15) is 5.10 Å². The largest absolute Gasteiger partial charge is 0.347 e. The second-order valence-electron chi connectivity index (χ2n) is 7.51. The first-order valence-electron chi connectivity index (χ1n) is 9.95. The lowest BCUT2D eigenvalue weighted by molar-refractivity contribution is 0.0745. The van der Waals surface area contributed by atoms with E-state index in [0.717, 1.165) is 23.1 Å². The molecule has 0 aliphatic carbocycles. The molecule has 0 atom stereocenters. The zero-order valence-corrected chi connectivity index (χ0v) is 16.8. The molecule has 1 aromatic heterocycles. The van der Waals surface area contributed by atoms with E-state index in [0.29, 0.717) is 31.9 Å². The number of nitrogens with one attached hydrogen (secondary N) is 1. The Bertz CT molecular complexity index is 1060. The summed E-state index contributed by atoms with van der Waals surface area (Å²) < 4.78 is 14.7. The minimum absolute atomic E-state index is 0.179. The van der Waals surface area contributed by atoms with E-state index in [1.807, 2.05) is 31.2 Å². The number of nitrogens with zero attached hydrogens (tertiary/aromatic N) is 3. The van der Waals surface area contributed by atoms with Crippen LogP contribution in [0.5, 0.6) is 0 Å². The van der Waals surface area contributed by atoms with Gasteiger partial charge < -0.3 is 10.2 Å². The lowest BCUT2D eigenvalue weighted by Crippen LogP contribution is -2.30. The van der Waals surface area contributed by atoms with Crippen molar-refractivity contribution < 1.29 is 14.0 Å². The number of benzene rings is 2. The summed E-state index contributed by atoms with van der Waals surface area (Å²) in [6.45, 7) is 3.93. The minimum Gasteiger partial charge on any atom is -0.347 e. The van der Waals surface area contributed by atoms with E-state index < -0.39 is 0 Å². The molecule has 7 heteroatoms. The molecule has 6 nitrogen and oxygen atoms in total. The van der Waals surface area contributed by atoms with Crippen molar-refractivity contribution in [3.63, 3.8) is 0 Å². The van der Waals surface area contributed by atoms with Gasteiger partial charge in [-0.05, 0) is 36.6 Å². The van der Waals surface area contributed by atoms with Crippen molar-refractivity contribution in [3.8, 4) is 0 Å². The van der Waals surface area contributed by atoms with Gasteiger partial charge in [0.2, 0.25) is 0 Å². The summed E-state index contributed by atoms with van der Waals surface area (Å²) in [4.78, 5) is 27.3. The fraction of sp³-hybridized carbons (Fsp3) is 0.261. The Hall–Kier alpha value is -3.48.